The highest BCUT2D eigenvalue weighted by atomic mass is 79.9. The van der Waals surface area contributed by atoms with Crippen LogP contribution in [0.5, 0.6) is 5.75 Å². The van der Waals surface area contributed by atoms with Gasteiger partial charge in [0.05, 0.1) is 19.1 Å². The summed E-state index contributed by atoms with van der Waals surface area (Å²) < 4.78 is 6.14. The van der Waals surface area contributed by atoms with Gasteiger partial charge < -0.3 is 10.1 Å². The molecule has 1 heterocycles. The zero-order valence-electron chi connectivity index (χ0n) is 14.8. The van der Waals surface area contributed by atoms with E-state index < -0.39 is 5.41 Å². The average molecular weight is 427 g/mol. The van der Waals surface area contributed by atoms with E-state index in [0.717, 1.165) is 34.2 Å². The first-order chi connectivity index (χ1) is 13.1. The van der Waals surface area contributed by atoms with E-state index in [2.05, 4.69) is 36.4 Å². The van der Waals surface area contributed by atoms with E-state index in [-0.39, 0.29) is 5.91 Å². The molecule has 0 atom stereocenters. The maximum absolute atomic E-state index is 12.8. The standard InChI is InChI=1S/C20H19BrN4O2/c1-27-16-7-5-13(6-8-16)18-23-17(24-25-18)12-22-19(26)20(9-10-20)14-3-2-4-15(21)11-14/h2-8,11H,9-10,12H2,1H3,(H,22,26)(H,23,24,25). The van der Waals surface area contributed by atoms with Crippen molar-refractivity contribution in [1.29, 1.82) is 0 Å². The number of carbonyl (C=O) groups is 1. The third kappa shape index (κ3) is 3.60. The summed E-state index contributed by atoms with van der Waals surface area (Å²) in [6.45, 7) is 0.317. The Morgan fingerprint density at radius 3 is 2.70 bits per heavy atom. The zero-order valence-corrected chi connectivity index (χ0v) is 16.4. The molecule has 27 heavy (non-hydrogen) atoms. The van der Waals surface area contributed by atoms with Crippen LogP contribution in [0, 0.1) is 0 Å². The Morgan fingerprint density at radius 2 is 2.04 bits per heavy atom. The zero-order chi connectivity index (χ0) is 18.9. The number of amides is 1. The molecular formula is C20H19BrN4O2. The van der Waals surface area contributed by atoms with Crippen LogP contribution in [0.25, 0.3) is 11.4 Å². The Bertz CT molecular complexity index is 964. The fourth-order valence-corrected chi connectivity index (χ4v) is 3.53. The molecule has 6 nitrogen and oxygen atoms in total. The molecule has 1 saturated carbocycles. The van der Waals surface area contributed by atoms with Crippen molar-refractivity contribution in [2.45, 2.75) is 24.8 Å². The van der Waals surface area contributed by atoms with Crippen molar-refractivity contribution in [1.82, 2.24) is 20.5 Å². The van der Waals surface area contributed by atoms with Crippen molar-refractivity contribution in [2.24, 2.45) is 0 Å². The molecule has 1 fully saturated rings. The molecule has 3 aromatic rings. The monoisotopic (exact) mass is 426 g/mol. The molecule has 1 amide bonds. The fraction of sp³-hybridized carbons (Fsp3) is 0.250. The fourth-order valence-electron chi connectivity index (χ4n) is 3.13. The Morgan fingerprint density at radius 1 is 1.26 bits per heavy atom. The molecule has 0 radical (unpaired) electrons. The summed E-state index contributed by atoms with van der Waals surface area (Å²) in [4.78, 5) is 17.2. The van der Waals surface area contributed by atoms with Gasteiger partial charge in [-0.05, 0) is 54.8 Å². The number of methoxy groups -OCH3 is 1. The van der Waals surface area contributed by atoms with Crippen LogP contribution in [0.4, 0.5) is 0 Å². The summed E-state index contributed by atoms with van der Waals surface area (Å²) in [7, 11) is 1.63. The highest BCUT2D eigenvalue weighted by Gasteiger charge is 2.51. The summed E-state index contributed by atoms with van der Waals surface area (Å²) in [6.07, 6.45) is 1.73. The molecule has 1 aliphatic rings. The predicted molar refractivity (Wildman–Crippen MR) is 105 cm³/mol. The van der Waals surface area contributed by atoms with Crippen LogP contribution >= 0.6 is 15.9 Å². The lowest BCUT2D eigenvalue weighted by Crippen LogP contribution is -2.34. The van der Waals surface area contributed by atoms with Crippen molar-refractivity contribution in [3.63, 3.8) is 0 Å². The lowest BCUT2D eigenvalue weighted by Gasteiger charge is -2.15. The van der Waals surface area contributed by atoms with E-state index in [1.807, 2.05) is 48.5 Å². The SMILES string of the molecule is COc1ccc(-c2n[nH]c(CNC(=O)C3(c4cccc(Br)c4)CC3)n2)cc1. The number of carbonyl (C=O) groups excluding carboxylic acids is 1. The smallest absolute Gasteiger partial charge is 0.231 e. The average Bonchev–Trinajstić information content (AvgIpc) is 3.38. The number of halogens is 1. The minimum Gasteiger partial charge on any atom is -0.497 e. The van der Waals surface area contributed by atoms with Crippen LogP contribution in [-0.4, -0.2) is 28.2 Å². The van der Waals surface area contributed by atoms with E-state index >= 15 is 0 Å². The highest BCUT2D eigenvalue weighted by molar-refractivity contribution is 9.10. The van der Waals surface area contributed by atoms with Gasteiger partial charge in [-0.15, -0.1) is 0 Å². The molecule has 138 valence electrons. The van der Waals surface area contributed by atoms with Gasteiger partial charge in [0.25, 0.3) is 0 Å². The number of nitrogens with one attached hydrogen (secondary N) is 2. The lowest BCUT2D eigenvalue weighted by atomic mass is 9.95. The van der Waals surface area contributed by atoms with Crippen molar-refractivity contribution in [2.75, 3.05) is 7.11 Å². The van der Waals surface area contributed by atoms with Crippen molar-refractivity contribution in [3.05, 3.63) is 64.4 Å². The highest BCUT2D eigenvalue weighted by Crippen LogP contribution is 2.48. The Kier molecular flexibility index (Phi) is 4.70. The van der Waals surface area contributed by atoms with Gasteiger partial charge in [0.2, 0.25) is 5.91 Å². The van der Waals surface area contributed by atoms with Crippen LogP contribution in [0.2, 0.25) is 0 Å². The van der Waals surface area contributed by atoms with Crippen LogP contribution in [0.1, 0.15) is 24.2 Å². The minimum absolute atomic E-state index is 0.0306. The predicted octanol–water partition coefficient (Wildman–Crippen LogP) is 3.59. The number of nitrogens with zero attached hydrogens (tertiary/aromatic N) is 2. The van der Waals surface area contributed by atoms with Gasteiger partial charge in [-0.3, -0.25) is 9.89 Å². The van der Waals surface area contributed by atoms with Crippen molar-refractivity contribution < 1.29 is 9.53 Å². The van der Waals surface area contributed by atoms with Gasteiger partial charge in [-0.1, -0.05) is 28.1 Å². The number of aromatic nitrogens is 3. The summed E-state index contributed by atoms with van der Waals surface area (Å²) in [5, 5.41) is 10.1. The van der Waals surface area contributed by atoms with Crippen LogP contribution < -0.4 is 10.1 Å². The molecule has 4 rings (SSSR count). The van der Waals surface area contributed by atoms with Crippen LogP contribution in [0.3, 0.4) is 0 Å². The Hall–Kier alpha value is -2.67. The normalized spacial score (nSPS) is 14.6. The van der Waals surface area contributed by atoms with Crippen LogP contribution in [-0.2, 0) is 16.8 Å². The van der Waals surface area contributed by atoms with Gasteiger partial charge in [-0.25, -0.2) is 4.98 Å². The van der Waals surface area contributed by atoms with Gasteiger partial charge in [0, 0.05) is 10.0 Å². The molecule has 2 aromatic carbocycles. The van der Waals surface area contributed by atoms with E-state index in [4.69, 9.17) is 4.74 Å². The summed E-state index contributed by atoms with van der Waals surface area (Å²) in [6, 6.07) is 15.5. The second-order valence-corrected chi connectivity index (χ2v) is 7.53. The molecule has 0 bridgehead atoms. The second-order valence-electron chi connectivity index (χ2n) is 6.61. The molecule has 1 aromatic heterocycles. The molecule has 7 heteroatoms. The van der Waals surface area contributed by atoms with Gasteiger partial charge in [0.15, 0.2) is 5.82 Å². The maximum atomic E-state index is 12.8. The van der Waals surface area contributed by atoms with E-state index in [1.165, 1.54) is 0 Å². The first-order valence-electron chi connectivity index (χ1n) is 8.71. The number of hydrogen-bond acceptors (Lipinski definition) is 4. The molecule has 1 aliphatic carbocycles. The maximum Gasteiger partial charge on any atom is 0.231 e. The largest absolute Gasteiger partial charge is 0.497 e. The lowest BCUT2D eigenvalue weighted by molar-refractivity contribution is -0.123. The van der Waals surface area contributed by atoms with Gasteiger partial charge >= 0.3 is 0 Å². The topological polar surface area (TPSA) is 79.9 Å². The van der Waals surface area contributed by atoms with Crippen molar-refractivity contribution in [3.8, 4) is 17.1 Å². The molecule has 0 saturated heterocycles. The minimum atomic E-state index is -0.414. The molecule has 2 N–H and O–H groups in total. The summed E-state index contributed by atoms with van der Waals surface area (Å²) in [5.41, 5.74) is 1.52. The van der Waals surface area contributed by atoms with Gasteiger partial charge in [0.1, 0.15) is 11.6 Å². The first-order valence-corrected chi connectivity index (χ1v) is 9.50. The number of aromatic amines is 1. The van der Waals surface area contributed by atoms with Crippen LogP contribution in [0.15, 0.2) is 53.0 Å². The van der Waals surface area contributed by atoms with Gasteiger partial charge in [-0.2, -0.15) is 5.10 Å². The quantitative estimate of drug-likeness (QED) is 0.630. The number of hydrogen-bond donors (Lipinski definition) is 2. The number of ether oxygens (including phenoxy) is 1. The Balaban J connectivity index is 1.42. The number of H-pyrrole nitrogens is 1. The molecule has 0 aliphatic heterocycles. The van der Waals surface area contributed by atoms with E-state index in [9.17, 15) is 4.79 Å². The molecule has 0 unspecified atom stereocenters. The second kappa shape index (κ2) is 7.15. The third-order valence-corrected chi connectivity index (χ3v) is 5.35. The molecular weight excluding hydrogens is 408 g/mol. The number of benzene rings is 2. The molecule has 0 spiro atoms. The summed E-state index contributed by atoms with van der Waals surface area (Å²) >= 11 is 3.48. The first kappa shape index (κ1) is 17.7. The Labute approximate surface area is 165 Å². The van der Waals surface area contributed by atoms with E-state index in [1.54, 1.807) is 7.11 Å². The number of rotatable bonds is 6. The van der Waals surface area contributed by atoms with E-state index in [0.29, 0.717) is 18.2 Å². The third-order valence-electron chi connectivity index (χ3n) is 4.86. The summed E-state index contributed by atoms with van der Waals surface area (Å²) in [5.74, 6) is 2.03. The van der Waals surface area contributed by atoms with Crippen molar-refractivity contribution >= 4 is 21.8 Å².